The molecule has 2 aromatic rings. The summed E-state index contributed by atoms with van der Waals surface area (Å²) in [4.78, 5) is 4.37. The van der Waals surface area contributed by atoms with Crippen molar-refractivity contribution in [3.05, 3.63) is 29.6 Å². The first-order valence-corrected chi connectivity index (χ1v) is 7.58. The van der Waals surface area contributed by atoms with Crippen molar-refractivity contribution in [2.24, 2.45) is 0 Å². The fourth-order valence-electron chi connectivity index (χ4n) is 2.91. The Morgan fingerprint density at radius 1 is 1.43 bits per heavy atom. The number of nitrogens with zero attached hydrogens (tertiary/aromatic N) is 2. The molecule has 1 aliphatic rings. The van der Waals surface area contributed by atoms with Crippen LogP contribution in [-0.2, 0) is 4.74 Å². The average Bonchev–Trinajstić information content (AvgIpc) is 2.78. The van der Waals surface area contributed by atoms with E-state index in [0.29, 0.717) is 17.9 Å². The van der Waals surface area contributed by atoms with Gasteiger partial charge in [0.25, 0.3) is 0 Å². The molecule has 0 N–H and O–H groups in total. The normalized spacial score (nSPS) is 23.3. The summed E-state index contributed by atoms with van der Waals surface area (Å²) < 4.78 is 35.0. The molecule has 3 nitrogen and oxygen atoms in total. The van der Waals surface area contributed by atoms with Crippen molar-refractivity contribution in [1.82, 2.24) is 9.55 Å². The molecule has 3 rings (SSSR count). The van der Waals surface area contributed by atoms with Gasteiger partial charge in [0, 0.05) is 12.6 Å². The summed E-state index contributed by atoms with van der Waals surface area (Å²) in [5.74, 6) is -1.14. The fraction of sp³-hybridized carbons (Fsp3) is 0.533. The van der Waals surface area contributed by atoms with Crippen LogP contribution in [0.15, 0.2) is 12.1 Å². The largest absolute Gasteiger partial charge is 0.378 e. The van der Waals surface area contributed by atoms with Gasteiger partial charge >= 0.3 is 0 Å². The minimum atomic E-state index is -0.863. The summed E-state index contributed by atoms with van der Waals surface area (Å²) in [7, 11) is 0. The van der Waals surface area contributed by atoms with Crippen molar-refractivity contribution in [2.45, 2.75) is 44.2 Å². The first kappa shape index (κ1) is 14.7. The van der Waals surface area contributed by atoms with Crippen LogP contribution in [0.5, 0.6) is 0 Å². The van der Waals surface area contributed by atoms with Gasteiger partial charge in [-0.2, -0.15) is 0 Å². The maximum absolute atomic E-state index is 14.2. The second-order valence-electron chi connectivity index (χ2n) is 5.39. The lowest BCUT2D eigenvalue weighted by molar-refractivity contribution is -0.0194. The highest BCUT2D eigenvalue weighted by atomic mass is 35.5. The van der Waals surface area contributed by atoms with Gasteiger partial charge in [-0.15, -0.1) is 11.6 Å². The molecule has 1 fully saturated rings. The van der Waals surface area contributed by atoms with E-state index in [-0.39, 0.29) is 23.0 Å². The van der Waals surface area contributed by atoms with Gasteiger partial charge in [0.15, 0.2) is 11.6 Å². The van der Waals surface area contributed by atoms with Crippen molar-refractivity contribution in [3.63, 3.8) is 0 Å². The van der Waals surface area contributed by atoms with Crippen LogP contribution in [0.4, 0.5) is 8.78 Å². The molecule has 1 unspecified atom stereocenters. The monoisotopic (exact) mass is 314 g/mol. The summed E-state index contributed by atoms with van der Waals surface area (Å²) in [5, 5.41) is -0.369. The van der Waals surface area contributed by atoms with E-state index in [2.05, 4.69) is 4.98 Å². The molecule has 6 heteroatoms. The molecule has 0 aliphatic heterocycles. The van der Waals surface area contributed by atoms with Gasteiger partial charge in [-0.05, 0) is 38.8 Å². The number of benzene rings is 1. The molecule has 21 heavy (non-hydrogen) atoms. The molecule has 0 spiro atoms. The first-order valence-electron chi connectivity index (χ1n) is 7.14. The summed E-state index contributed by atoms with van der Waals surface area (Å²) in [5.41, 5.74) is 0.647. The van der Waals surface area contributed by atoms with Gasteiger partial charge in [0.2, 0.25) is 0 Å². The predicted octanol–water partition coefficient (Wildman–Crippen LogP) is 4.35. The molecule has 1 heterocycles. The van der Waals surface area contributed by atoms with Crippen LogP contribution in [0.25, 0.3) is 11.0 Å². The predicted molar refractivity (Wildman–Crippen MR) is 77.6 cm³/mol. The Labute approximate surface area is 126 Å². The number of hydrogen-bond donors (Lipinski definition) is 0. The molecule has 0 bridgehead atoms. The van der Waals surface area contributed by atoms with Gasteiger partial charge in [0.05, 0.1) is 17.0 Å². The molecule has 0 saturated heterocycles. The summed E-state index contributed by atoms with van der Waals surface area (Å²) in [6, 6.07) is 2.65. The summed E-state index contributed by atoms with van der Waals surface area (Å²) >= 11 is 6.16. The second-order valence-corrected chi connectivity index (χ2v) is 6.04. The van der Waals surface area contributed by atoms with Crippen LogP contribution in [0.1, 0.15) is 43.9 Å². The van der Waals surface area contributed by atoms with E-state index in [1.807, 2.05) is 6.92 Å². The van der Waals surface area contributed by atoms with Crippen molar-refractivity contribution >= 4 is 22.6 Å². The Kier molecular flexibility index (Phi) is 3.88. The maximum Gasteiger partial charge on any atom is 0.184 e. The molecule has 114 valence electrons. The Hall–Kier alpha value is -1.20. The highest BCUT2D eigenvalue weighted by Crippen LogP contribution is 2.40. The quantitative estimate of drug-likeness (QED) is 0.784. The molecular formula is C15H17ClF2N2O. The summed E-state index contributed by atoms with van der Waals surface area (Å²) in [6.07, 6.45) is 1.71. The summed E-state index contributed by atoms with van der Waals surface area (Å²) in [6.45, 7) is 4.39. The van der Waals surface area contributed by atoms with Crippen LogP contribution >= 0.6 is 11.6 Å². The zero-order chi connectivity index (χ0) is 15.1. The number of imidazole rings is 1. The Morgan fingerprint density at radius 2 is 2.14 bits per heavy atom. The molecule has 1 aromatic carbocycles. The van der Waals surface area contributed by atoms with Crippen molar-refractivity contribution in [3.8, 4) is 0 Å². The van der Waals surface area contributed by atoms with Gasteiger partial charge in [-0.3, -0.25) is 0 Å². The van der Waals surface area contributed by atoms with E-state index in [1.54, 1.807) is 11.5 Å². The maximum atomic E-state index is 14.2. The number of fused-ring (bicyclic) bond motifs is 1. The van der Waals surface area contributed by atoms with E-state index >= 15 is 0 Å². The number of aromatic nitrogens is 2. The fourth-order valence-corrected chi connectivity index (χ4v) is 3.07. The Morgan fingerprint density at radius 3 is 2.76 bits per heavy atom. The highest BCUT2D eigenvalue weighted by molar-refractivity contribution is 6.20. The Bertz CT molecular complexity index is 665. The smallest absolute Gasteiger partial charge is 0.184 e. The zero-order valence-corrected chi connectivity index (χ0v) is 12.7. The third-order valence-corrected chi connectivity index (χ3v) is 4.16. The number of alkyl halides is 1. The number of ether oxygens (including phenoxy) is 1. The van der Waals surface area contributed by atoms with Crippen LogP contribution in [0.2, 0.25) is 0 Å². The lowest BCUT2D eigenvalue weighted by Gasteiger charge is -2.37. The minimum absolute atomic E-state index is 0.0547. The average molecular weight is 315 g/mol. The molecule has 0 radical (unpaired) electrons. The number of hydrogen-bond acceptors (Lipinski definition) is 2. The second kappa shape index (κ2) is 5.54. The van der Waals surface area contributed by atoms with Gasteiger partial charge in [-0.25, -0.2) is 13.8 Å². The van der Waals surface area contributed by atoms with E-state index in [9.17, 15) is 8.78 Å². The van der Waals surface area contributed by atoms with E-state index in [1.165, 1.54) is 6.07 Å². The first-order chi connectivity index (χ1) is 10.0. The molecule has 1 saturated carbocycles. The third kappa shape index (κ3) is 2.42. The van der Waals surface area contributed by atoms with E-state index in [0.717, 1.165) is 18.9 Å². The standard InChI is InChI=1S/C15H17ClF2N2O/c1-3-21-10-6-9(7-10)20-14-12(19-15(20)8(2)16)5-4-11(17)13(14)18/h4-5,8-10H,3,6-7H2,1-2H3. The lowest BCUT2D eigenvalue weighted by atomic mass is 9.88. The van der Waals surface area contributed by atoms with Crippen LogP contribution in [-0.4, -0.2) is 22.3 Å². The molecule has 1 aliphatic carbocycles. The third-order valence-electron chi connectivity index (χ3n) is 3.96. The lowest BCUT2D eigenvalue weighted by Crippen LogP contribution is -2.34. The van der Waals surface area contributed by atoms with Gasteiger partial charge < -0.3 is 9.30 Å². The molecule has 1 aromatic heterocycles. The zero-order valence-electron chi connectivity index (χ0n) is 11.9. The van der Waals surface area contributed by atoms with Crippen molar-refractivity contribution in [2.75, 3.05) is 6.61 Å². The van der Waals surface area contributed by atoms with Gasteiger partial charge in [0.1, 0.15) is 11.3 Å². The number of rotatable bonds is 4. The van der Waals surface area contributed by atoms with Crippen molar-refractivity contribution in [1.29, 1.82) is 0 Å². The van der Waals surface area contributed by atoms with E-state index in [4.69, 9.17) is 16.3 Å². The molecule has 1 atom stereocenters. The highest BCUT2D eigenvalue weighted by Gasteiger charge is 2.35. The van der Waals surface area contributed by atoms with Crippen LogP contribution in [0, 0.1) is 11.6 Å². The minimum Gasteiger partial charge on any atom is -0.378 e. The van der Waals surface area contributed by atoms with Gasteiger partial charge in [-0.1, -0.05) is 0 Å². The number of halogens is 3. The Balaban J connectivity index is 2.07. The SMILES string of the molecule is CCOC1CC(n2c(C(C)Cl)nc3ccc(F)c(F)c32)C1. The van der Waals surface area contributed by atoms with Crippen LogP contribution < -0.4 is 0 Å². The van der Waals surface area contributed by atoms with Crippen molar-refractivity contribution < 1.29 is 13.5 Å². The van der Waals surface area contributed by atoms with Crippen LogP contribution in [0.3, 0.4) is 0 Å². The topological polar surface area (TPSA) is 27.1 Å². The molecular weight excluding hydrogens is 298 g/mol. The van der Waals surface area contributed by atoms with E-state index < -0.39 is 11.6 Å². The molecule has 0 amide bonds.